The molecule has 0 aliphatic carbocycles. The third-order valence-corrected chi connectivity index (χ3v) is 5.05. The normalized spacial score (nSPS) is 15.4. The van der Waals surface area contributed by atoms with E-state index >= 15 is 0 Å². The Morgan fingerprint density at radius 3 is 2.33 bits per heavy atom. The minimum atomic E-state index is -0.426. The van der Waals surface area contributed by atoms with Gasteiger partial charge in [0.25, 0.3) is 17.0 Å². The first kappa shape index (κ1) is 19.6. The van der Waals surface area contributed by atoms with Crippen molar-refractivity contribution in [3.63, 3.8) is 0 Å². The highest BCUT2D eigenvalue weighted by Crippen LogP contribution is 2.14. The van der Waals surface area contributed by atoms with Gasteiger partial charge in [0, 0.05) is 24.8 Å². The summed E-state index contributed by atoms with van der Waals surface area (Å²) in [6.45, 7) is 1.54. The molecule has 152 valence electrons. The van der Waals surface area contributed by atoms with E-state index in [1.807, 2.05) is 4.90 Å². The lowest BCUT2D eigenvalue weighted by atomic mass is 10.1. The van der Waals surface area contributed by atoms with Crippen LogP contribution in [-0.2, 0) is 0 Å². The molecule has 3 heterocycles. The van der Waals surface area contributed by atoms with E-state index in [0.717, 1.165) is 32.4 Å². The Hall–Kier alpha value is -3.74. The maximum Gasteiger partial charge on any atom is 0.272 e. The second-order valence-electron chi connectivity index (χ2n) is 7.26. The number of hydrogen-bond acceptors (Lipinski definition) is 4. The van der Waals surface area contributed by atoms with Crippen molar-refractivity contribution in [2.24, 2.45) is 0 Å². The van der Waals surface area contributed by atoms with Crippen LogP contribution in [0.3, 0.4) is 0 Å². The number of likely N-dealkylation sites (tertiary alicyclic amines) is 1. The fraction of sp³-hybridized carbons (Fsp3) is 0.217. The molecule has 0 unspecified atom stereocenters. The summed E-state index contributed by atoms with van der Waals surface area (Å²) in [5.41, 5.74) is 0.959. The van der Waals surface area contributed by atoms with Gasteiger partial charge in [-0.25, -0.2) is 0 Å². The second-order valence-corrected chi connectivity index (χ2v) is 7.26. The lowest BCUT2D eigenvalue weighted by molar-refractivity contribution is 0.0724. The highest BCUT2D eigenvalue weighted by atomic mass is 16.2. The number of nitrogens with zero attached hydrogens (tertiary/aromatic N) is 2. The van der Waals surface area contributed by atoms with E-state index in [4.69, 9.17) is 0 Å². The number of hydrogen-bond donors (Lipinski definition) is 2. The minimum absolute atomic E-state index is 0.00679. The van der Waals surface area contributed by atoms with Gasteiger partial charge in [-0.3, -0.25) is 19.4 Å². The Morgan fingerprint density at radius 2 is 1.63 bits per heavy atom. The van der Waals surface area contributed by atoms with Crippen LogP contribution in [-0.4, -0.2) is 38.8 Å². The summed E-state index contributed by atoms with van der Waals surface area (Å²) < 4.78 is 0. The Morgan fingerprint density at radius 1 is 0.900 bits per heavy atom. The molecule has 0 bridgehead atoms. The Bertz CT molecular complexity index is 1290. The standard InChI is InChI=1S/C23H22N4O3/c28-21-19(25-22(29)20(26-21)15-18-9-2-3-10-24-18)14-16-7-6-8-17(13-16)23(30)27-11-4-1-5-12-27/h2-3,6-10,13-15H,1,4-5,11-12H2,(H,25,29)(H,26,28)/b19-14-,20-15-. The van der Waals surface area contributed by atoms with Crippen LogP contribution in [0.1, 0.15) is 40.9 Å². The van der Waals surface area contributed by atoms with Gasteiger partial charge in [0.05, 0.1) is 5.69 Å². The molecule has 3 aromatic rings. The number of amides is 1. The third kappa shape index (κ3) is 4.46. The molecule has 0 radical (unpaired) electrons. The topological polar surface area (TPSA) is 98.9 Å². The van der Waals surface area contributed by atoms with Gasteiger partial charge < -0.3 is 14.9 Å². The highest BCUT2D eigenvalue weighted by molar-refractivity contribution is 5.94. The number of aromatic amines is 2. The molecule has 30 heavy (non-hydrogen) atoms. The van der Waals surface area contributed by atoms with Crippen molar-refractivity contribution < 1.29 is 4.79 Å². The molecule has 0 saturated carbocycles. The molecule has 0 spiro atoms. The summed E-state index contributed by atoms with van der Waals surface area (Å²) in [4.78, 5) is 48.8. The van der Waals surface area contributed by atoms with Gasteiger partial charge in [-0.1, -0.05) is 18.2 Å². The fourth-order valence-corrected chi connectivity index (χ4v) is 3.51. The van der Waals surface area contributed by atoms with Gasteiger partial charge in [0.2, 0.25) is 0 Å². The van der Waals surface area contributed by atoms with Crippen molar-refractivity contribution in [1.82, 2.24) is 19.9 Å². The lowest BCUT2D eigenvalue weighted by Crippen LogP contribution is -2.46. The van der Waals surface area contributed by atoms with E-state index in [1.165, 1.54) is 6.08 Å². The Balaban J connectivity index is 1.68. The summed E-state index contributed by atoms with van der Waals surface area (Å²) in [7, 11) is 0. The van der Waals surface area contributed by atoms with E-state index in [1.54, 1.807) is 54.7 Å². The summed E-state index contributed by atoms with van der Waals surface area (Å²) in [5.74, 6) is -0.00679. The fourth-order valence-electron chi connectivity index (χ4n) is 3.51. The SMILES string of the molecule is O=C(c1cccc(/C=c2\[nH]c(=O)/c(=C/c3ccccn3)[nH]c2=O)c1)N1CCCCC1. The number of carbonyl (C=O) groups is 1. The van der Waals surface area contributed by atoms with Gasteiger partial charge in [-0.15, -0.1) is 0 Å². The molecule has 7 nitrogen and oxygen atoms in total. The number of pyridine rings is 1. The van der Waals surface area contributed by atoms with Gasteiger partial charge in [-0.05, 0) is 61.2 Å². The molecule has 0 atom stereocenters. The quantitative estimate of drug-likeness (QED) is 0.675. The number of benzene rings is 1. The number of carbonyl (C=O) groups excluding carboxylic acids is 1. The zero-order valence-electron chi connectivity index (χ0n) is 16.4. The number of nitrogens with one attached hydrogen (secondary N) is 2. The van der Waals surface area contributed by atoms with Gasteiger partial charge in [-0.2, -0.15) is 0 Å². The largest absolute Gasteiger partial charge is 0.339 e. The molecule has 4 rings (SSSR count). The summed E-state index contributed by atoms with van der Waals surface area (Å²) in [6.07, 6.45) is 7.89. The van der Waals surface area contributed by atoms with E-state index in [-0.39, 0.29) is 16.6 Å². The molecule has 1 aliphatic rings. The highest BCUT2D eigenvalue weighted by Gasteiger charge is 2.18. The summed E-state index contributed by atoms with van der Waals surface area (Å²) in [6, 6.07) is 12.4. The number of aromatic nitrogens is 3. The van der Waals surface area contributed by atoms with E-state index in [9.17, 15) is 14.4 Å². The van der Waals surface area contributed by atoms with Crippen LogP contribution in [0.25, 0.3) is 12.2 Å². The number of piperidine rings is 1. The molecule has 1 saturated heterocycles. The summed E-state index contributed by atoms with van der Waals surface area (Å²) >= 11 is 0. The Labute approximate surface area is 172 Å². The average Bonchev–Trinajstić information content (AvgIpc) is 2.78. The monoisotopic (exact) mass is 402 g/mol. The zero-order chi connectivity index (χ0) is 20.9. The molecular formula is C23H22N4O3. The van der Waals surface area contributed by atoms with Crippen LogP contribution in [0.2, 0.25) is 0 Å². The van der Waals surface area contributed by atoms with Crippen molar-refractivity contribution in [2.75, 3.05) is 13.1 Å². The number of H-pyrrole nitrogens is 2. The van der Waals surface area contributed by atoms with Crippen LogP contribution >= 0.6 is 0 Å². The first-order valence-corrected chi connectivity index (χ1v) is 9.96. The van der Waals surface area contributed by atoms with Crippen molar-refractivity contribution in [2.45, 2.75) is 19.3 Å². The smallest absolute Gasteiger partial charge is 0.272 e. The van der Waals surface area contributed by atoms with Crippen molar-refractivity contribution in [3.8, 4) is 0 Å². The maximum atomic E-state index is 12.7. The molecule has 1 fully saturated rings. The van der Waals surface area contributed by atoms with Crippen LogP contribution in [0, 0.1) is 0 Å². The molecular weight excluding hydrogens is 380 g/mol. The van der Waals surface area contributed by atoms with Crippen LogP contribution in [0.15, 0.2) is 58.3 Å². The minimum Gasteiger partial charge on any atom is -0.339 e. The Kier molecular flexibility index (Phi) is 5.70. The third-order valence-electron chi connectivity index (χ3n) is 5.05. The van der Waals surface area contributed by atoms with Crippen molar-refractivity contribution in [1.29, 1.82) is 0 Å². The molecule has 2 aromatic heterocycles. The molecule has 7 heteroatoms. The van der Waals surface area contributed by atoms with E-state index in [2.05, 4.69) is 15.0 Å². The van der Waals surface area contributed by atoms with Gasteiger partial charge in [0.15, 0.2) is 0 Å². The van der Waals surface area contributed by atoms with Crippen molar-refractivity contribution >= 4 is 18.1 Å². The lowest BCUT2D eigenvalue weighted by Gasteiger charge is -2.26. The average molecular weight is 402 g/mol. The molecule has 1 amide bonds. The van der Waals surface area contributed by atoms with Crippen molar-refractivity contribution in [3.05, 3.63) is 96.9 Å². The summed E-state index contributed by atoms with van der Waals surface area (Å²) in [5, 5.41) is 0.255. The first-order chi connectivity index (χ1) is 14.6. The van der Waals surface area contributed by atoms with Gasteiger partial charge >= 0.3 is 0 Å². The van der Waals surface area contributed by atoms with E-state index < -0.39 is 11.1 Å². The van der Waals surface area contributed by atoms with Gasteiger partial charge in [0.1, 0.15) is 10.7 Å². The predicted molar refractivity (Wildman–Crippen MR) is 115 cm³/mol. The maximum absolute atomic E-state index is 12.7. The van der Waals surface area contributed by atoms with Crippen LogP contribution in [0.4, 0.5) is 0 Å². The number of rotatable bonds is 3. The van der Waals surface area contributed by atoms with Crippen LogP contribution in [0.5, 0.6) is 0 Å². The predicted octanol–water partition coefficient (Wildman–Crippen LogP) is 0.742. The zero-order valence-corrected chi connectivity index (χ0v) is 16.4. The molecule has 1 aromatic carbocycles. The van der Waals surface area contributed by atoms with E-state index in [0.29, 0.717) is 16.8 Å². The molecule has 2 N–H and O–H groups in total. The second kappa shape index (κ2) is 8.73. The molecule has 1 aliphatic heterocycles. The van der Waals surface area contributed by atoms with Crippen LogP contribution < -0.4 is 21.8 Å². The first-order valence-electron chi connectivity index (χ1n) is 9.96.